The number of nitrogens with two attached hydrogens (primary N) is 1. The molecule has 0 unspecified atom stereocenters. The van der Waals surface area contributed by atoms with Crippen molar-refractivity contribution in [3.63, 3.8) is 0 Å². The lowest BCUT2D eigenvalue weighted by atomic mass is 10.1. The summed E-state index contributed by atoms with van der Waals surface area (Å²) in [4.78, 5) is 26.4. The van der Waals surface area contributed by atoms with Gasteiger partial charge in [-0.1, -0.05) is 24.3 Å². The number of benzene rings is 3. The van der Waals surface area contributed by atoms with Crippen LogP contribution in [0.25, 0.3) is 0 Å². The SMILES string of the molecule is NS(=O)(=O)c1ccc(NC(=O)c2ccc(CN3C(=O)COc4ccccc43)cc2)cc1. The Labute approximate surface area is 179 Å². The van der Waals surface area contributed by atoms with Gasteiger partial charge in [0, 0.05) is 11.3 Å². The number of rotatable bonds is 5. The van der Waals surface area contributed by atoms with Crippen LogP contribution < -0.4 is 20.1 Å². The van der Waals surface area contributed by atoms with Gasteiger partial charge in [-0.2, -0.15) is 0 Å². The van der Waals surface area contributed by atoms with Crippen molar-refractivity contribution in [1.29, 1.82) is 0 Å². The highest BCUT2D eigenvalue weighted by molar-refractivity contribution is 7.89. The summed E-state index contributed by atoms with van der Waals surface area (Å²) in [7, 11) is -3.79. The molecular formula is C22H19N3O5S. The van der Waals surface area contributed by atoms with Crippen LogP contribution in [0.15, 0.2) is 77.7 Å². The van der Waals surface area contributed by atoms with Crippen LogP contribution in [0.3, 0.4) is 0 Å². The molecule has 3 aromatic rings. The Hall–Kier alpha value is -3.69. The van der Waals surface area contributed by atoms with Crippen molar-refractivity contribution in [3.05, 3.63) is 83.9 Å². The van der Waals surface area contributed by atoms with E-state index in [4.69, 9.17) is 9.88 Å². The molecule has 0 fully saturated rings. The highest BCUT2D eigenvalue weighted by atomic mass is 32.2. The molecule has 0 aromatic heterocycles. The van der Waals surface area contributed by atoms with Crippen LogP contribution >= 0.6 is 0 Å². The molecule has 9 heteroatoms. The van der Waals surface area contributed by atoms with E-state index < -0.39 is 10.0 Å². The molecule has 0 atom stereocenters. The van der Waals surface area contributed by atoms with Gasteiger partial charge in [-0.05, 0) is 54.1 Å². The van der Waals surface area contributed by atoms with Crippen molar-refractivity contribution in [2.45, 2.75) is 11.4 Å². The predicted molar refractivity (Wildman–Crippen MR) is 115 cm³/mol. The molecule has 8 nitrogen and oxygen atoms in total. The Kier molecular flexibility index (Phi) is 5.45. The minimum atomic E-state index is -3.79. The lowest BCUT2D eigenvalue weighted by Crippen LogP contribution is -2.38. The monoisotopic (exact) mass is 437 g/mol. The summed E-state index contributed by atoms with van der Waals surface area (Å²) >= 11 is 0. The summed E-state index contributed by atoms with van der Waals surface area (Å²) in [6.07, 6.45) is 0. The smallest absolute Gasteiger partial charge is 0.265 e. The number of carbonyl (C=O) groups is 2. The number of nitrogens with zero attached hydrogens (tertiary/aromatic N) is 1. The van der Waals surface area contributed by atoms with E-state index >= 15 is 0 Å². The molecule has 0 bridgehead atoms. The molecule has 3 N–H and O–H groups in total. The Morgan fingerprint density at radius 2 is 1.68 bits per heavy atom. The van der Waals surface area contributed by atoms with Crippen molar-refractivity contribution in [2.75, 3.05) is 16.8 Å². The zero-order valence-corrected chi connectivity index (χ0v) is 17.1. The summed E-state index contributed by atoms with van der Waals surface area (Å²) in [5, 5.41) is 7.77. The van der Waals surface area contributed by atoms with Crippen molar-refractivity contribution < 1.29 is 22.7 Å². The molecule has 3 aromatic carbocycles. The number of para-hydroxylation sites is 2. The highest BCUT2D eigenvalue weighted by Crippen LogP contribution is 2.32. The largest absolute Gasteiger partial charge is 0.482 e. The standard InChI is InChI=1S/C22H19N3O5S/c23-31(28,29)18-11-9-17(10-12-18)24-22(27)16-7-5-15(6-8-16)13-25-19-3-1-2-4-20(19)30-14-21(25)26/h1-12H,13-14H2,(H,24,27)(H2,23,28,29). The third-order valence-electron chi connectivity index (χ3n) is 4.81. The summed E-state index contributed by atoms with van der Waals surface area (Å²) in [5.41, 5.74) is 2.44. The van der Waals surface area contributed by atoms with E-state index in [-0.39, 0.29) is 23.3 Å². The van der Waals surface area contributed by atoms with Crippen molar-refractivity contribution in [2.24, 2.45) is 5.14 Å². The first-order valence-corrected chi connectivity index (χ1v) is 10.9. The van der Waals surface area contributed by atoms with Crippen molar-refractivity contribution in [3.8, 4) is 5.75 Å². The van der Waals surface area contributed by atoms with Gasteiger partial charge in [0.25, 0.3) is 11.8 Å². The highest BCUT2D eigenvalue weighted by Gasteiger charge is 2.25. The molecule has 31 heavy (non-hydrogen) atoms. The fourth-order valence-corrected chi connectivity index (χ4v) is 3.72. The number of carbonyl (C=O) groups excluding carboxylic acids is 2. The number of fused-ring (bicyclic) bond motifs is 1. The van der Waals surface area contributed by atoms with Crippen LogP contribution in [0.1, 0.15) is 15.9 Å². The van der Waals surface area contributed by atoms with E-state index in [1.165, 1.54) is 24.3 Å². The molecule has 0 saturated heterocycles. The quantitative estimate of drug-likeness (QED) is 0.636. The number of primary sulfonamides is 1. The van der Waals surface area contributed by atoms with Crippen LogP contribution in [0.4, 0.5) is 11.4 Å². The van der Waals surface area contributed by atoms with Crippen LogP contribution in [0.2, 0.25) is 0 Å². The van der Waals surface area contributed by atoms with E-state index in [9.17, 15) is 18.0 Å². The fraction of sp³-hybridized carbons (Fsp3) is 0.0909. The van der Waals surface area contributed by atoms with Gasteiger partial charge in [0.05, 0.1) is 17.1 Å². The number of hydrogen-bond acceptors (Lipinski definition) is 5. The van der Waals surface area contributed by atoms with E-state index in [0.717, 1.165) is 5.56 Å². The molecule has 1 heterocycles. The Morgan fingerprint density at radius 3 is 2.35 bits per heavy atom. The maximum atomic E-state index is 12.5. The molecule has 4 rings (SSSR count). The molecular weight excluding hydrogens is 418 g/mol. The summed E-state index contributed by atoms with van der Waals surface area (Å²) < 4.78 is 28.1. The van der Waals surface area contributed by atoms with Crippen molar-refractivity contribution in [1.82, 2.24) is 0 Å². The lowest BCUT2D eigenvalue weighted by molar-refractivity contribution is -0.121. The molecule has 0 spiro atoms. The third-order valence-corrected chi connectivity index (χ3v) is 5.74. The maximum Gasteiger partial charge on any atom is 0.265 e. The normalized spacial score (nSPS) is 13.3. The number of nitrogens with one attached hydrogen (secondary N) is 1. The van der Waals surface area contributed by atoms with Gasteiger partial charge in [0.1, 0.15) is 5.75 Å². The average Bonchev–Trinajstić information content (AvgIpc) is 2.76. The molecule has 0 saturated carbocycles. The van der Waals surface area contributed by atoms with E-state index in [1.807, 2.05) is 24.3 Å². The second-order valence-corrected chi connectivity index (χ2v) is 8.52. The van der Waals surface area contributed by atoms with Crippen molar-refractivity contribution >= 4 is 33.2 Å². The molecule has 1 aliphatic heterocycles. The Morgan fingerprint density at radius 1 is 1.00 bits per heavy atom. The van der Waals surface area contributed by atoms with Gasteiger partial charge in [0.15, 0.2) is 6.61 Å². The van der Waals surface area contributed by atoms with Gasteiger partial charge < -0.3 is 15.0 Å². The fourth-order valence-electron chi connectivity index (χ4n) is 3.20. The number of amides is 2. The Balaban J connectivity index is 1.45. The first kappa shape index (κ1) is 20.6. The van der Waals surface area contributed by atoms with Crippen LogP contribution in [-0.4, -0.2) is 26.8 Å². The summed E-state index contributed by atoms with van der Waals surface area (Å²) in [6.45, 7) is 0.345. The second-order valence-electron chi connectivity index (χ2n) is 6.96. The zero-order chi connectivity index (χ0) is 22.0. The summed E-state index contributed by atoms with van der Waals surface area (Å²) in [6, 6.07) is 19.8. The van der Waals surface area contributed by atoms with Crippen LogP contribution in [-0.2, 0) is 21.4 Å². The number of hydrogen-bond donors (Lipinski definition) is 2. The number of sulfonamides is 1. The minimum Gasteiger partial charge on any atom is -0.482 e. The third kappa shape index (κ3) is 4.57. The van der Waals surface area contributed by atoms with E-state index in [2.05, 4.69) is 5.32 Å². The molecule has 158 valence electrons. The summed E-state index contributed by atoms with van der Waals surface area (Å²) in [5.74, 6) is 0.178. The van der Waals surface area contributed by atoms with Gasteiger partial charge in [-0.3, -0.25) is 9.59 Å². The Bertz CT molecular complexity index is 1240. The second kappa shape index (κ2) is 8.21. The average molecular weight is 437 g/mol. The maximum absolute atomic E-state index is 12.5. The first-order valence-electron chi connectivity index (χ1n) is 9.36. The zero-order valence-electron chi connectivity index (χ0n) is 16.3. The number of ether oxygens (including phenoxy) is 1. The topological polar surface area (TPSA) is 119 Å². The lowest BCUT2D eigenvalue weighted by Gasteiger charge is -2.29. The molecule has 0 radical (unpaired) electrons. The molecule has 1 aliphatic rings. The minimum absolute atomic E-state index is 0.0122. The van der Waals surface area contributed by atoms with E-state index in [0.29, 0.717) is 29.2 Å². The van der Waals surface area contributed by atoms with Gasteiger partial charge >= 0.3 is 0 Å². The number of anilines is 2. The molecule has 0 aliphatic carbocycles. The van der Waals surface area contributed by atoms with Crippen LogP contribution in [0.5, 0.6) is 5.75 Å². The van der Waals surface area contributed by atoms with E-state index in [1.54, 1.807) is 29.2 Å². The first-order chi connectivity index (χ1) is 14.8. The van der Waals surface area contributed by atoms with Gasteiger partial charge in [0.2, 0.25) is 10.0 Å². The van der Waals surface area contributed by atoms with Gasteiger partial charge in [-0.15, -0.1) is 0 Å². The predicted octanol–water partition coefficient (Wildman–Crippen LogP) is 2.51. The van der Waals surface area contributed by atoms with Gasteiger partial charge in [-0.25, -0.2) is 13.6 Å². The van der Waals surface area contributed by atoms with Crippen LogP contribution in [0, 0.1) is 0 Å². The molecule has 2 amide bonds.